The number of carbonyl (C=O) groups is 1. The van der Waals surface area contributed by atoms with Crippen LogP contribution in [0, 0.1) is 13.8 Å². The first-order chi connectivity index (χ1) is 10.1. The summed E-state index contributed by atoms with van der Waals surface area (Å²) < 4.78 is 1.76. The van der Waals surface area contributed by atoms with Crippen molar-refractivity contribution in [3.05, 3.63) is 58.0 Å². The van der Waals surface area contributed by atoms with Crippen LogP contribution in [-0.2, 0) is 0 Å². The van der Waals surface area contributed by atoms with Gasteiger partial charge in [0.2, 0.25) is 0 Å². The van der Waals surface area contributed by atoms with Crippen LogP contribution < -0.4 is 10.00 Å². The monoisotopic (exact) mass is 299 g/mol. The second kappa shape index (κ2) is 5.49. The molecule has 0 bridgehead atoms. The molecule has 2 N–H and O–H groups in total. The number of rotatable bonds is 3. The van der Waals surface area contributed by atoms with Crippen LogP contribution in [0.5, 0.6) is 0 Å². The molecule has 3 aromatic heterocycles. The lowest BCUT2D eigenvalue weighted by Gasteiger charge is -2.00. The number of hydrogen-bond donors (Lipinski definition) is 2. The molecule has 21 heavy (non-hydrogen) atoms. The fourth-order valence-corrected chi connectivity index (χ4v) is 2.79. The van der Waals surface area contributed by atoms with Crippen molar-refractivity contribution in [2.45, 2.75) is 13.8 Å². The van der Waals surface area contributed by atoms with E-state index in [4.69, 9.17) is 0 Å². The van der Waals surface area contributed by atoms with Crippen molar-refractivity contribution < 1.29 is 9.48 Å². The molecule has 0 aromatic carbocycles. The Bertz CT molecular complexity index is 776. The number of aromatic nitrogens is 3. The number of nitrogens with one attached hydrogen (secondary N) is 2. The predicted octanol–water partition coefficient (Wildman–Crippen LogP) is 2.62. The van der Waals surface area contributed by atoms with Gasteiger partial charge in [0.25, 0.3) is 11.6 Å². The van der Waals surface area contributed by atoms with Gasteiger partial charge in [-0.25, -0.2) is 15.2 Å². The van der Waals surface area contributed by atoms with Gasteiger partial charge in [0.05, 0.1) is 0 Å². The van der Waals surface area contributed by atoms with Gasteiger partial charge in [-0.2, -0.15) is 0 Å². The highest BCUT2D eigenvalue weighted by atomic mass is 32.1. The van der Waals surface area contributed by atoms with E-state index in [2.05, 4.69) is 15.4 Å². The molecule has 3 heterocycles. The van der Waals surface area contributed by atoms with E-state index in [1.807, 2.05) is 50.2 Å². The molecule has 106 valence electrons. The number of hydrogen-bond acceptors (Lipinski definition) is 3. The molecule has 0 saturated heterocycles. The largest absolute Gasteiger partial charge is 0.321 e. The van der Waals surface area contributed by atoms with E-state index < -0.39 is 0 Å². The van der Waals surface area contributed by atoms with E-state index in [0.717, 1.165) is 16.4 Å². The average molecular weight is 299 g/mol. The lowest BCUT2D eigenvalue weighted by Crippen LogP contribution is -2.37. The summed E-state index contributed by atoms with van der Waals surface area (Å²) in [6.45, 7) is 3.92. The van der Waals surface area contributed by atoms with Crippen molar-refractivity contribution >= 4 is 23.1 Å². The van der Waals surface area contributed by atoms with E-state index in [-0.39, 0.29) is 5.91 Å². The first-order valence-corrected chi connectivity index (χ1v) is 7.36. The summed E-state index contributed by atoms with van der Waals surface area (Å²) >= 11 is 1.48. The second-order valence-electron chi connectivity index (χ2n) is 4.71. The molecule has 0 aliphatic heterocycles. The van der Waals surface area contributed by atoms with Gasteiger partial charge >= 0.3 is 5.91 Å². The molecule has 0 aliphatic rings. The number of amides is 1. The molecule has 0 aliphatic carbocycles. The van der Waals surface area contributed by atoms with Gasteiger partial charge in [0, 0.05) is 22.7 Å². The SMILES string of the molecule is Cc1cc(NC(=O)c2ccc(C)s2)[n+](-c2ccccn2)[nH]1. The molecule has 6 heteroatoms. The third-order valence-electron chi connectivity index (χ3n) is 2.97. The Hall–Kier alpha value is -2.47. The van der Waals surface area contributed by atoms with E-state index >= 15 is 0 Å². The Kier molecular flexibility index (Phi) is 3.53. The van der Waals surface area contributed by atoms with E-state index in [1.165, 1.54) is 11.3 Å². The van der Waals surface area contributed by atoms with Crippen LogP contribution in [0.15, 0.2) is 42.6 Å². The Morgan fingerprint density at radius 2 is 2.14 bits per heavy atom. The van der Waals surface area contributed by atoms with Gasteiger partial charge in [-0.3, -0.25) is 0 Å². The number of nitrogens with zero attached hydrogens (tertiary/aromatic N) is 2. The molecule has 0 fully saturated rings. The zero-order valence-corrected chi connectivity index (χ0v) is 12.6. The first-order valence-electron chi connectivity index (χ1n) is 6.54. The lowest BCUT2D eigenvalue weighted by atomic mass is 10.4. The number of carbonyl (C=O) groups excluding carboxylic acids is 1. The Morgan fingerprint density at radius 1 is 1.29 bits per heavy atom. The zero-order valence-electron chi connectivity index (χ0n) is 11.8. The van der Waals surface area contributed by atoms with Gasteiger partial charge in [-0.05, 0) is 32.0 Å². The summed E-state index contributed by atoms with van der Waals surface area (Å²) in [5.74, 6) is 1.28. The Morgan fingerprint density at radius 3 is 2.81 bits per heavy atom. The second-order valence-corrected chi connectivity index (χ2v) is 6.00. The molecule has 3 aromatic rings. The molecule has 0 atom stereocenters. The molecular weight excluding hydrogens is 284 g/mol. The Balaban J connectivity index is 1.91. The molecule has 0 unspecified atom stereocenters. The highest BCUT2D eigenvalue weighted by molar-refractivity contribution is 7.14. The van der Waals surface area contributed by atoms with Crippen molar-refractivity contribution in [1.29, 1.82) is 0 Å². The minimum atomic E-state index is -0.114. The van der Waals surface area contributed by atoms with Crippen molar-refractivity contribution in [1.82, 2.24) is 10.1 Å². The smallest absolute Gasteiger partial charge is 0.250 e. The standard InChI is InChI=1S/C15H14N4OS/c1-10-9-14(17-15(20)12-7-6-11(2)21-12)19(18-10)13-5-3-4-8-16-13/h3-9H,1-2H3,(H,17,18,20)/p+1. The van der Waals surface area contributed by atoms with Crippen molar-refractivity contribution in [3.63, 3.8) is 0 Å². The fourth-order valence-electron chi connectivity index (χ4n) is 2.03. The topological polar surface area (TPSA) is 61.7 Å². The average Bonchev–Trinajstić information content (AvgIpc) is 3.06. The minimum Gasteiger partial charge on any atom is -0.250 e. The van der Waals surface area contributed by atoms with Crippen molar-refractivity contribution in [3.8, 4) is 5.82 Å². The number of pyridine rings is 1. The van der Waals surface area contributed by atoms with Crippen LogP contribution in [-0.4, -0.2) is 16.0 Å². The van der Waals surface area contributed by atoms with E-state index in [0.29, 0.717) is 10.7 Å². The van der Waals surface area contributed by atoms with Crippen molar-refractivity contribution in [2.24, 2.45) is 0 Å². The van der Waals surface area contributed by atoms with Gasteiger partial charge < -0.3 is 0 Å². The highest BCUT2D eigenvalue weighted by Crippen LogP contribution is 2.16. The first kappa shape index (κ1) is 13.5. The molecule has 0 spiro atoms. The van der Waals surface area contributed by atoms with Crippen molar-refractivity contribution in [2.75, 3.05) is 5.32 Å². The summed E-state index contributed by atoms with van der Waals surface area (Å²) in [5.41, 5.74) is 0.943. The summed E-state index contributed by atoms with van der Waals surface area (Å²) in [6, 6.07) is 11.3. The summed E-state index contributed by atoms with van der Waals surface area (Å²) in [6.07, 6.45) is 1.72. The van der Waals surface area contributed by atoms with Crippen LogP contribution in [0.1, 0.15) is 20.2 Å². The van der Waals surface area contributed by atoms with Crippen LogP contribution in [0.4, 0.5) is 5.82 Å². The summed E-state index contributed by atoms with van der Waals surface area (Å²) in [7, 11) is 0. The number of anilines is 1. The third-order valence-corrected chi connectivity index (χ3v) is 3.97. The Labute approximate surface area is 126 Å². The summed E-state index contributed by atoms with van der Waals surface area (Å²) in [5, 5.41) is 6.09. The van der Waals surface area contributed by atoms with Gasteiger partial charge in [-0.1, -0.05) is 6.07 Å². The van der Waals surface area contributed by atoms with Crippen LogP contribution in [0.25, 0.3) is 5.82 Å². The quantitative estimate of drug-likeness (QED) is 0.730. The van der Waals surface area contributed by atoms with Crippen LogP contribution >= 0.6 is 11.3 Å². The third kappa shape index (κ3) is 2.85. The van der Waals surface area contributed by atoms with E-state index in [1.54, 1.807) is 10.9 Å². The minimum absolute atomic E-state index is 0.114. The molecule has 5 nitrogen and oxygen atoms in total. The molecule has 1 amide bonds. The lowest BCUT2D eigenvalue weighted by molar-refractivity contribution is -0.645. The maximum absolute atomic E-state index is 12.3. The van der Waals surface area contributed by atoms with Gasteiger partial charge in [-0.15, -0.1) is 21.0 Å². The number of aromatic amines is 1. The van der Waals surface area contributed by atoms with Crippen LogP contribution in [0.2, 0.25) is 0 Å². The highest BCUT2D eigenvalue weighted by Gasteiger charge is 2.19. The zero-order chi connectivity index (χ0) is 14.8. The summed E-state index contributed by atoms with van der Waals surface area (Å²) in [4.78, 5) is 18.4. The predicted molar refractivity (Wildman–Crippen MR) is 81.9 cm³/mol. The molecular formula is C15H15N4OS+. The maximum Gasteiger partial charge on any atom is 0.321 e. The number of aryl methyl sites for hydroxylation is 2. The fraction of sp³-hybridized carbons (Fsp3) is 0.133. The number of thiophene rings is 1. The molecule has 0 radical (unpaired) electrons. The number of H-pyrrole nitrogens is 1. The molecule has 3 rings (SSSR count). The normalized spacial score (nSPS) is 10.6. The maximum atomic E-state index is 12.3. The molecule has 0 saturated carbocycles. The van der Waals surface area contributed by atoms with E-state index in [9.17, 15) is 4.79 Å². The van der Waals surface area contributed by atoms with Gasteiger partial charge in [0.15, 0.2) is 0 Å². The van der Waals surface area contributed by atoms with Crippen LogP contribution in [0.3, 0.4) is 0 Å². The van der Waals surface area contributed by atoms with Gasteiger partial charge in [0.1, 0.15) is 11.1 Å².